The molecule has 7 heteroatoms. The van der Waals surface area contributed by atoms with E-state index in [0.717, 1.165) is 10.7 Å². The second-order valence-electron chi connectivity index (χ2n) is 4.77. The molecule has 1 N–H and O–H groups in total. The SMILES string of the molecule is COc1c(F)cccc1C(=O)N[C@@H](C)c1cn2ccsc2n1. The molecule has 0 spiro atoms. The molecule has 0 radical (unpaired) electrons. The Balaban J connectivity index is 1.82. The number of aromatic nitrogens is 2. The summed E-state index contributed by atoms with van der Waals surface area (Å²) >= 11 is 1.52. The second-order valence-corrected chi connectivity index (χ2v) is 5.65. The first-order chi connectivity index (χ1) is 10.6. The van der Waals surface area contributed by atoms with Crippen LogP contribution in [0.3, 0.4) is 0 Å². The zero-order chi connectivity index (χ0) is 15.7. The van der Waals surface area contributed by atoms with Gasteiger partial charge in [0, 0.05) is 17.8 Å². The Morgan fingerprint density at radius 1 is 1.50 bits per heavy atom. The summed E-state index contributed by atoms with van der Waals surface area (Å²) in [7, 11) is 1.34. The van der Waals surface area contributed by atoms with Crippen LogP contribution in [0, 0.1) is 5.82 Å². The number of nitrogens with one attached hydrogen (secondary N) is 1. The van der Waals surface area contributed by atoms with Crippen LogP contribution in [-0.4, -0.2) is 22.4 Å². The first-order valence-corrected chi connectivity index (χ1v) is 7.53. The van der Waals surface area contributed by atoms with E-state index in [1.54, 1.807) is 0 Å². The monoisotopic (exact) mass is 319 g/mol. The topological polar surface area (TPSA) is 55.6 Å². The predicted molar refractivity (Wildman–Crippen MR) is 81.9 cm³/mol. The van der Waals surface area contributed by atoms with Crippen LogP contribution in [-0.2, 0) is 0 Å². The van der Waals surface area contributed by atoms with Gasteiger partial charge in [0.2, 0.25) is 0 Å². The predicted octanol–water partition coefficient (Wildman–Crippen LogP) is 3.03. The van der Waals surface area contributed by atoms with Crippen molar-refractivity contribution in [3.63, 3.8) is 0 Å². The van der Waals surface area contributed by atoms with E-state index in [0.29, 0.717) is 0 Å². The van der Waals surface area contributed by atoms with Crippen LogP contribution < -0.4 is 10.1 Å². The molecule has 3 aromatic rings. The molecule has 0 saturated carbocycles. The number of para-hydroxylation sites is 1. The van der Waals surface area contributed by atoms with Crippen molar-refractivity contribution in [1.29, 1.82) is 0 Å². The van der Waals surface area contributed by atoms with Crippen molar-refractivity contribution in [2.24, 2.45) is 0 Å². The van der Waals surface area contributed by atoms with Crippen molar-refractivity contribution < 1.29 is 13.9 Å². The van der Waals surface area contributed by atoms with E-state index in [9.17, 15) is 9.18 Å². The van der Waals surface area contributed by atoms with Crippen molar-refractivity contribution in [2.45, 2.75) is 13.0 Å². The van der Waals surface area contributed by atoms with Gasteiger partial charge in [-0.25, -0.2) is 9.37 Å². The van der Waals surface area contributed by atoms with Crippen molar-refractivity contribution in [1.82, 2.24) is 14.7 Å². The number of ether oxygens (including phenoxy) is 1. The number of hydrogen-bond donors (Lipinski definition) is 1. The van der Waals surface area contributed by atoms with Crippen LogP contribution in [0.2, 0.25) is 0 Å². The molecule has 0 aliphatic rings. The summed E-state index contributed by atoms with van der Waals surface area (Å²) in [5.41, 5.74) is 0.908. The molecule has 114 valence electrons. The van der Waals surface area contributed by atoms with Crippen molar-refractivity contribution in [2.75, 3.05) is 7.11 Å². The smallest absolute Gasteiger partial charge is 0.255 e. The average Bonchev–Trinajstić information content (AvgIpc) is 3.08. The average molecular weight is 319 g/mol. The number of halogens is 1. The summed E-state index contributed by atoms with van der Waals surface area (Å²) in [6.45, 7) is 1.83. The second kappa shape index (κ2) is 5.76. The van der Waals surface area contributed by atoms with E-state index in [1.165, 1.54) is 36.6 Å². The normalized spacial score (nSPS) is 12.3. The number of benzene rings is 1. The molecular formula is C15H14FN3O2S. The van der Waals surface area contributed by atoms with E-state index >= 15 is 0 Å². The number of carbonyl (C=O) groups is 1. The first kappa shape index (κ1) is 14.5. The van der Waals surface area contributed by atoms with Crippen molar-refractivity contribution in [3.05, 3.63) is 53.0 Å². The highest BCUT2D eigenvalue weighted by Crippen LogP contribution is 2.23. The van der Waals surface area contributed by atoms with Gasteiger partial charge in [0.25, 0.3) is 5.91 Å². The molecule has 22 heavy (non-hydrogen) atoms. The number of nitrogens with zero attached hydrogens (tertiary/aromatic N) is 2. The van der Waals surface area contributed by atoms with Crippen molar-refractivity contribution in [3.8, 4) is 5.75 Å². The van der Waals surface area contributed by atoms with E-state index in [2.05, 4.69) is 10.3 Å². The fraction of sp³-hybridized carbons (Fsp3) is 0.200. The molecule has 0 aliphatic heterocycles. The quantitative estimate of drug-likeness (QED) is 0.804. The van der Waals surface area contributed by atoms with Crippen LogP contribution in [0.5, 0.6) is 5.75 Å². The molecule has 0 aliphatic carbocycles. The Hall–Kier alpha value is -2.41. The number of rotatable bonds is 4. The van der Waals surface area contributed by atoms with Gasteiger partial charge in [0.15, 0.2) is 16.5 Å². The van der Waals surface area contributed by atoms with Crippen LogP contribution in [0.25, 0.3) is 4.96 Å². The Morgan fingerprint density at radius 3 is 3.05 bits per heavy atom. The third-order valence-electron chi connectivity index (χ3n) is 3.32. The number of fused-ring (bicyclic) bond motifs is 1. The highest BCUT2D eigenvalue weighted by molar-refractivity contribution is 7.15. The van der Waals surface area contributed by atoms with Crippen LogP contribution >= 0.6 is 11.3 Å². The number of amides is 1. The third-order valence-corrected chi connectivity index (χ3v) is 4.09. The van der Waals surface area contributed by atoms with Crippen LogP contribution in [0.15, 0.2) is 36.0 Å². The van der Waals surface area contributed by atoms with Gasteiger partial charge < -0.3 is 10.1 Å². The molecule has 0 fully saturated rings. The minimum absolute atomic E-state index is 0.0574. The minimum atomic E-state index is -0.565. The molecule has 0 saturated heterocycles. The highest BCUT2D eigenvalue weighted by Gasteiger charge is 2.19. The van der Waals surface area contributed by atoms with Crippen LogP contribution in [0.1, 0.15) is 29.0 Å². The third kappa shape index (κ3) is 2.55. The summed E-state index contributed by atoms with van der Waals surface area (Å²) in [6.07, 6.45) is 3.76. The Bertz CT molecular complexity index is 799. The van der Waals surface area contributed by atoms with Crippen molar-refractivity contribution >= 4 is 22.2 Å². The number of thiazole rings is 1. The fourth-order valence-electron chi connectivity index (χ4n) is 2.20. The molecule has 2 heterocycles. The van der Waals surface area contributed by atoms with E-state index in [-0.39, 0.29) is 17.4 Å². The van der Waals surface area contributed by atoms with Gasteiger partial charge in [-0.1, -0.05) is 6.07 Å². The Morgan fingerprint density at radius 2 is 2.32 bits per heavy atom. The Kier molecular flexibility index (Phi) is 3.81. The molecule has 3 rings (SSSR count). The van der Waals surface area contributed by atoms with Gasteiger partial charge in [-0.2, -0.15) is 0 Å². The van der Waals surface area contributed by atoms with E-state index in [4.69, 9.17) is 4.74 Å². The summed E-state index contributed by atoms with van der Waals surface area (Å²) < 4.78 is 20.5. The largest absolute Gasteiger partial charge is 0.493 e. The molecule has 2 aromatic heterocycles. The van der Waals surface area contributed by atoms with Crippen LogP contribution in [0.4, 0.5) is 4.39 Å². The van der Waals surface area contributed by atoms with Gasteiger partial charge in [-0.15, -0.1) is 11.3 Å². The maximum Gasteiger partial charge on any atom is 0.255 e. The first-order valence-electron chi connectivity index (χ1n) is 6.65. The van der Waals surface area contributed by atoms with E-state index < -0.39 is 11.7 Å². The minimum Gasteiger partial charge on any atom is -0.493 e. The number of imidazole rings is 1. The fourth-order valence-corrected chi connectivity index (χ4v) is 2.90. The molecule has 1 amide bonds. The summed E-state index contributed by atoms with van der Waals surface area (Å²) in [4.78, 5) is 17.6. The zero-order valence-electron chi connectivity index (χ0n) is 12.0. The number of methoxy groups -OCH3 is 1. The summed E-state index contributed by atoms with van der Waals surface area (Å²) in [5.74, 6) is -1.02. The highest BCUT2D eigenvalue weighted by atomic mass is 32.1. The summed E-state index contributed by atoms with van der Waals surface area (Å²) in [6, 6.07) is 3.95. The van der Waals surface area contributed by atoms with E-state index in [1.807, 2.05) is 29.1 Å². The molecule has 0 bridgehead atoms. The van der Waals surface area contributed by atoms with Gasteiger partial charge in [0.05, 0.1) is 24.4 Å². The lowest BCUT2D eigenvalue weighted by molar-refractivity contribution is 0.0935. The standard InChI is InChI=1S/C15H14FN3O2S/c1-9(12-8-19-6-7-22-15(19)18-12)17-14(20)10-4-3-5-11(16)13(10)21-2/h3-9H,1-2H3,(H,17,20)/t9-/m0/s1. The maximum absolute atomic E-state index is 13.6. The number of hydrogen-bond acceptors (Lipinski definition) is 4. The zero-order valence-corrected chi connectivity index (χ0v) is 12.9. The molecule has 1 atom stereocenters. The lowest BCUT2D eigenvalue weighted by Crippen LogP contribution is -2.27. The Labute approximate surface area is 130 Å². The van der Waals surface area contributed by atoms with Gasteiger partial charge in [-0.05, 0) is 19.1 Å². The lowest BCUT2D eigenvalue weighted by atomic mass is 10.1. The van der Waals surface area contributed by atoms with Gasteiger partial charge >= 0.3 is 0 Å². The lowest BCUT2D eigenvalue weighted by Gasteiger charge is -2.13. The number of carbonyl (C=O) groups excluding carboxylic acids is 1. The molecule has 1 aromatic carbocycles. The molecule has 5 nitrogen and oxygen atoms in total. The molecule has 0 unspecified atom stereocenters. The maximum atomic E-state index is 13.6. The molecular weight excluding hydrogens is 305 g/mol. The summed E-state index contributed by atoms with van der Waals surface area (Å²) in [5, 5.41) is 4.75. The van der Waals surface area contributed by atoms with Gasteiger partial charge in [-0.3, -0.25) is 9.20 Å². The van der Waals surface area contributed by atoms with Gasteiger partial charge in [0.1, 0.15) is 0 Å².